The van der Waals surface area contributed by atoms with Crippen LogP contribution in [0.4, 0.5) is 13.2 Å². The SMILES string of the molecule is O=C(NCCc1cnccn1)c1coc(COc2cccc(C(F)(F)F)c2)n1. The molecule has 3 rings (SSSR count). The molecule has 0 unspecified atom stereocenters. The van der Waals surface area contributed by atoms with Crippen molar-refractivity contribution in [2.45, 2.75) is 19.2 Å². The Labute approximate surface area is 157 Å². The summed E-state index contributed by atoms with van der Waals surface area (Å²) < 4.78 is 48.5. The van der Waals surface area contributed by atoms with E-state index in [4.69, 9.17) is 9.15 Å². The lowest BCUT2D eigenvalue weighted by molar-refractivity contribution is -0.137. The fourth-order valence-corrected chi connectivity index (χ4v) is 2.24. The first kappa shape index (κ1) is 19.3. The number of hydrogen-bond acceptors (Lipinski definition) is 6. The molecule has 7 nitrogen and oxygen atoms in total. The Bertz CT molecular complexity index is 929. The molecule has 2 aromatic heterocycles. The second kappa shape index (κ2) is 8.51. The summed E-state index contributed by atoms with van der Waals surface area (Å²) in [6.07, 6.45) is 1.92. The van der Waals surface area contributed by atoms with Crippen molar-refractivity contribution in [2.75, 3.05) is 6.54 Å². The van der Waals surface area contributed by atoms with E-state index in [0.29, 0.717) is 13.0 Å². The molecule has 0 atom stereocenters. The lowest BCUT2D eigenvalue weighted by atomic mass is 10.2. The zero-order valence-corrected chi connectivity index (χ0v) is 14.4. The van der Waals surface area contributed by atoms with Crippen LogP contribution in [-0.4, -0.2) is 27.4 Å². The fourth-order valence-electron chi connectivity index (χ4n) is 2.24. The highest BCUT2D eigenvalue weighted by molar-refractivity contribution is 5.91. The Balaban J connectivity index is 1.50. The Morgan fingerprint density at radius 1 is 1.25 bits per heavy atom. The Morgan fingerprint density at radius 2 is 2.11 bits per heavy atom. The van der Waals surface area contributed by atoms with Crippen LogP contribution in [-0.2, 0) is 19.2 Å². The fraction of sp³-hybridized carbons (Fsp3) is 0.222. The average molecular weight is 392 g/mol. The number of alkyl halides is 3. The number of hydrogen-bond donors (Lipinski definition) is 1. The van der Waals surface area contributed by atoms with Crippen molar-refractivity contribution in [2.24, 2.45) is 0 Å². The monoisotopic (exact) mass is 392 g/mol. The molecular weight excluding hydrogens is 377 g/mol. The number of oxazole rings is 1. The Morgan fingerprint density at radius 3 is 2.86 bits per heavy atom. The molecule has 0 bridgehead atoms. The van der Waals surface area contributed by atoms with Gasteiger partial charge in [-0.3, -0.25) is 14.8 Å². The third kappa shape index (κ3) is 5.29. The van der Waals surface area contributed by atoms with Crippen LogP contribution in [0.1, 0.15) is 27.6 Å². The largest absolute Gasteiger partial charge is 0.484 e. The molecule has 1 amide bonds. The quantitative estimate of drug-likeness (QED) is 0.665. The molecule has 0 aliphatic rings. The number of carbonyl (C=O) groups is 1. The van der Waals surface area contributed by atoms with Crippen LogP contribution in [0, 0.1) is 0 Å². The maximum atomic E-state index is 12.7. The van der Waals surface area contributed by atoms with Crippen molar-refractivity contribution in [3.63, 3.8) is 0 Å². The number of ether oxygens (including phenoxy) is 1. The molecule has 146 valence electrons. The molecule has 2 heterocycles. The molecule has 3 aromatic rings. The van der Waals surface area contributed by atoms with E-state index in [2.05, 4.69) is 20.3 Å². The van der Waals surface area contributed by atoms with E-state index in [0.717, 1.165) is 24.1 Å². The predicted octanol–water partition coefficient (Wildman–Crippen LogP) is 3.03. The summed E-state index contributed by atoms with van der Waals surface area (Å²) in [6, 6.07) is 4.45. The van der Waals surface area contributed by atoms with E-state index in [1.54, 1.807) is 18.6 Å². The maximum Gasteiger partial charge on any atom is 0.416 e. The van der Waals surface area contributed by atoms with Gasteiger partial charge >= 0.3 is 6.18 Å². The zero-order chi connectivity index (χ0) is 20.0. The second-order valence-electron chi connectivity index (χ2n) is 5.64. The minimum atomic E-state index is -4.46. The van der Waals surface area contributed by atoms with Gasteiger partial charge in [-0.1, -0.05) is 6.07 Å². The van der Waals surface area contributed by atoms with Gasteiger partial charge < -0.3 is 14.5 Å². The molecule has 10 heteroatoms. The Kier molecular flexibility index (Phi) is 5.87. The molecule has 0 aliphatic heterocycles. The first-order valence-electron chi connectivity index (χ1n) is 8.19. The van der Waals surface area contributed by atoms with Crippen LogP contribution >= 0.6 is 0 Å². The van der Waals surface area contributed by atoms with Crippen molar-refractivity contribution in [1.29, 1.82) is 0 Å². The number of amides is 1. The van der Waals surface area contributed by atoms with E-state index in [1.807, 2.05) is 0 Å². The molecule has 0 aliphatic carbocycles. The number of aromatic nitrogens is 3. The summed E-state index contributed by atoms with van der Waals surface area (Å²) in [7, 11) is 0. The Hall–Kier alpha value is -3.43. The highest BCUT2D eigenvalue weighted by Crippen LogP contribution is 2.31. The lowest BCUT2D eigenvalue weighted by Gasteiger charge is -2.09. The number of benzene rings is 1. The summed E-state index contributed by atoms with van der Waals surface area (Å²) in [5, 5.41) is 2.66. The number of carbonyl (C=O) groups excluding carboxylic acids is 1. The molecule has 0 saturated carbocycles. The minimum Gasteiger partial charge on any atom is -0.484 e. The summed E-state index contributed by atoms with van der Waals surface area (Å²) in [5.41, 5.74) is -0.0412. The number of halogens is 3. The van der Waals surface area contributed by atoms with Gasteiger partial charge in [0, 0.05) is 31.6 Å². The van der Waals surface area contributed by atoms with Gasteiger partial charge in [0.25, 0.3) is 5.91 Å². The summed E-state index contributed by atoms with van der Waals surface area (Å²) in [6.45, 7) is 0.120. The third-order valence-corrected chi connectivity index (χ3v) is 3.59. The molecule has 1 aromatic carbocycles. The molecule has 28 heavy (non-hydrogen) atoms. The van der Waals surface area contributed by atoms with E-state index in [9.17, 15) is 18.0 Å². The van der Waals surface area contributed by atoms with Crippen molar-refractivity contribution in [3.8, 4) is 5.75 Å². The van der Waals surface area contributed by atoms with Gasteiger partial charge in [0.15, 0.2) is 12.3 Å². The van der Waals surface area contributed by atoms with Crippen molar-refractivity contribution in [1.82, 2.24) is 20.3 Å². The highest BCUT2D eigenvalue weighted by Gasteiger charge is 2.30. The normalized spacial score (nSPS) is 11.2. The summed E-state index contributed by atoms with van der Waals surface area (Å²) >= 11 is 0. The number of nitrogens with one attached hydrogen (secondary N) is 1. The van der Waals surface area contributed by atoms with Crippen molar-refractivity contribution in [3.05, 3.63) is 72.0 Å². The van der Waals surface area contributed by atoms with E-state index >= 15 is 0 Å². The van der Waals surface area contributed by atoms with Crippen LogP contribution in [0.2, 0.25) is 0 Å². The minimum absolute atomic E-state index is 0.0167. The smallest absolute Gasteiger partial charge is 0.416 e. The predicted molar refractivity (Wildman–Crippen MR) is 90.3 cm³/mol. The summed E-state index contributed by atoms with van der Waals surface area (Å²) in [4.78, 5) is 24.0. The van der Waals surface area contributed by atoms with Crippen LogP contribution in [0.15, 0.2) is 53.5 Å². The van der Waals surface area contributed by atoms with Crippen molar-refractivity contribution >= 4 is 5.91 Å². The van der Waals surface area contributed by atoms with Crippen LogP contribution in [0.5, 0.6) is 5.75 Å². The first-order valence-corrected chi connectivity index (χ1v) is 8.19. The molecule has 1 N–H and O–H groups in total. The van der Waals surface area contributed by atoms with Crippen LogP contribution < -0.4 is 10.1 Å². The molecule has 0 fully saturated rings. The molecule has 0 radical (unpaired) electrons. The maximum absolute atomic E-state index is 12.7. The van der Waals surface area contributed by atoms with Gasteiger partial charge in [0.05, 0.1) is 11.3 Å². The lowest BCUT2D eigenvalue weighted by Crippen LogP contribution is -2.26. The van der Waals surface area contributed by atoms with E-state index < -0.39 is 17.6 Å². The molecular formula is C18H15F3N4O3. The highest BCUT2D eigenvalue weighted by atomic mass is 19.4. The molecule has 0 saturated heterocycles. The topological polar surface area (TPSA) is 90.1 Å². The standard InChI is InChI=1S/C18H15F3N4O3/c19-18(20,21)12-2-1-3-14(8-12)27-11-16-25-15(10-28-16)17(26)24-5-4-13-9-22-6-7-23-13/h1-3,6-10H,4-5,11H2,(H,24,26). The average Bonchev–Trinajstić information content (AvgIpc) is 3.16. The summed E-state index contributed by atoms with van der Waals surface area (Å²) in [5.74, 6) is -0.363. The van der Waals surface area contributed by atoms with Crippen LogP contribution in [0.3, 0.4) is 0 Å². The number of rotatable bonds is 7. The second-order valence-corrected chi connectivity index (χ2v) is 5.64. The molecule has 0 spiro atoms. The third-order valence-electron chi connectivity index (χ3n) is 3.59. The zero-order valence-electron chi connectivity index (χ0n) is 14.4. The van der Waals surface area contributed by atoms with Gasteiger partial charge in [-0.15, -0.1) is 0 Å². The first-order chi connectivity index (χ1) is 13.4. The van der Waals surface area contributed by atoms with E-state index in [1.165, 1.54) is 12.1 Å². The number of nitrogens with zero attached hydrogens (tertiary/aromatic N) is 3. The van der Waals surface area contributed by atoms with Gasteiger partial charge in [0.2, 0.25) is 5.89 Å². The van der Waals surface area contributed by atoms with Gasteiger partial charge in [-0.2, -0.15) is 13.2 Å². The van der Waals surface area contributed by atoms with E-state index in [-0.39, 0.29) is 23.9 Å². The van der Waals surface area contributed by atoms with Gasteiger partial charge in [-0.25, -0.2) is 4.98 Å². The van der Waals surface area contributed by atoms with Gasteiger partial charge in [0.1, 0.15) is 12.0 Å². The van der Waals surface area contributed by atoms with Crippen LogP contribution in [0.25, 0.3) is 0 Å². The van der Waals surface area contributed by atoms with Gasteiger partial charge in [-0.05, 0) is 18.2 Å². The van der Waals surface area contributed by atoms with Crippen molar-refractivity contribution < 1.29 is 27.1 Å².